The number of ether oxygens (including phenoxy) is 1. The summed E-state index contributed by atoms with van der Waals surface area (Å²) in [6.07, 6.45) is 1.99. The Bertz CT molecular complexity index is 858. The van der Waals surface area contributed by atoms with Crippen LogP contribution in [0.25, 0.3) is 11.3 Å². The minimum atomic E-state index is -0.00553. The van der Waals surface area contributed by atoms with Crippen molar-refractivity contribution in [3.63, 3.8) is 0 Å². The van der Waals surface area contributed by atoms with Gasteiger partial charge in [0.15, 0.2) is 5.96 Å². The van der Waals surface area contributed by atoms with Gasteiger partial charge in [0.1, 0.15) is 0 Å². The van der Waals surface area contributed by atoms with Crippen LogP contribution in [0.1, 0.15) is 5.56 Å². The normalized spacial score (nSPS) is 15.0. The number of nitrogens with zero attached hydrogens (tertiary/aromatic N) is 5. The number of likely N-dealkylation sites (N-methyl/N-ethyl adjacent to an activating group) is 1. The minimum Gasteiger partial charge on any atom is -0.379 e. The van der Waals surface area contributed by atoms with Crippen molar-refractivity contribution in [3.8, 4) is 11.3 Å². The molecule has 31 heavy (non-hydrogen) atoms. The average molecular weight is 428 g/mol. The zero-order valence-corrected chi connectivity index (χ0v) is 18.7. The fraction of sp³-hybridized carbons (Fsp3) is 0.500. The van der Waals surface area contributed by atoms with Crippen LogP contribution in [0.2, 0.25) is 0 Å². The molecule has 0 unspecified atom stereocenters. The SMILES string of the molecule is CN(C)C(=O)CNC(=NCc1cn(C)nc1-c1ccccc1)NCCN1CCOCC1. The quantitative estimate of drug-likeness (QED) is 0.473. The molecule has 0 radical (unpaired) electrons. The first-order chi connectivity index (χ1) is 15.0. The van der Waals surface area contributed by atoms with Gasteiger partial charge in [0.2, 0.25) is 5.91 Å². The highest BCUT2D eigenvalue weighted by molar-refractivity contribution is 5.86. The Labute approximate surface area is 184 Å². The molecule has 0 saturated carbocycles. The number of aromatic nitrogens is 2. The second kappa shape index (κ2) is 11.5. The lowest BCUT2D eigenvalue weighted by molar-refractivity contribution is -0.127. The van der Waals surface area contributed by atoms with E-state index in [0.717, 1.165) is 56.2 Å². The summed E-state index contributed by atoms with van der Waals surface area (Å²) in [6.45, 7) is 5.72. The molecule has 0 spiro atoms. The molecular formula is C22H33N7O2. The van der Waals surface area contributed by atoms with E-state index in [-0.39, 0.29) is 12.5 Å². The Hall–Kier alpha value is -2.91. The molecule has 1 aliphatic rings. The number of amides is 1. The molecule has 9 nitrogen and oxygen atoms in total. The molecule has 1 aliphatic heterocycles. The molecule has 1 aromatic heterocycles. The molecule has 1 fully saturated rings. The summed E-state index contributed by atoms with van der Waals surface area (Å²) in [5, 5.41) is 11.1. The number of nitrogens with one attached hydrogen (secondary N) is 2. The van der Waals surface area contributed by atoms with E-state index in [1.54, 1.807) is 19.0 Å². The van der Waals surface area contributed by atoms with E-state index in [0.29, 0.717) is 12.5 Å². The Morgan fingerprint density at radius 2 is 1.94 bits per heavy atom. The highest BCUT2D eigenvalue weighted by Crippen LogP contribution is 2.22. The number of carbonyl (C=O) groups is 1. The van der Waals surface area contributed by atoms with Crippen LogP contribution < -0.4 is 10.6 Å². The molecule has 9 heteroatoms. The number of hydrogen-bond donors (Lipinski definition) is 2. The number of rotatable bonds is 8. The van der Waals surface area contributed by atoms with Crippen LogP contribution in [0.5, 0.6) is 0 Å². The van der Waals surface area contributed by atoms with Crippen LogP contribution >= 0.6 is 0 Å². The van der Waals surface area contributed by atoms with Crippen molar-refractivity contribution in [2.45, 2.75) is 6.54 Å². The second-order valence-electron chi connectivity index (χ2n) is 7.73. The van der Waals surface area contributed by atoms with Crippen molar-refractivity contribution in [2.24, 2.45) is 12.0 Å². The first-order valence-electron chi connectivity index (χ1n) is 10.6. The first-order valence-corrected chi connectivity index (χ1v) is 10.6. The number of hydrogen-bond acceptors (Lipinski definition) is 5. The lowest BCUT2D eigenvalue weighted by atomic mass is 10.1. The Kier molecular flexibility index (Phi) is 8.43. The average Bonchev–Trinajstić information content (AvgIpc) is 3.16. The Morgan fingerprint density at radius 3 is 2.65 bits per heavy atom. The predicted octanol–water partition coefficient (Wildman–Crippen LogP) is 0.543. The van der Waals surface area contributed by atoms with Gasteiger partial charge in [-0.15, -0.1) is 0 Å². The van der Waals surface area contributed by atoms with Crippen molar-refractivity contribution in [1.82, 2.24) is 30.2 Å². The summed E-state index contributed by atoms with van der Waals surface area (Å²) in [5.41, 5.74) is 3.01. The van der Waals surface area contributed by atoms with Gasteiger partial charge in [0.25, 0.3) is 0 Å². The minimum absolute atomic E-state index is 0.00553. The number of aliphatic imine (C=N–C) groups is 1. The molecule has 0 bridgehead atoms. The maximum Gasteiger partial charge on any atom is 0.241 e. The van der Waals surface area contributed by atoms with E-state index < -0.39 is 0 Å². The number of benzene rings is 1. The van der Waals surface area contributed by atoms with Crippen molar-refractivity contribution >= 4 is 11.9 Å². The van der Waals surface area contributed by atoms with E-state index in [1.807, 2.05) is 48.3 Å². The van der Waals surface area contributed by atoms with E-state index in [9.17, 15) is 4.79 Å². The molecule has 2 N–H and O–H groups in total. The number of guanidine groups is 1. The van der Waals surface area contributed by atoms with Gasteiger partial charge in [0, 0.05) is 64.6 Å². The van der Waals surface area contributed by atoms with E-state index in [4.69, 9.17) is 9.73 Å². The zero-order valence-electron chi connectivity index (χ0n) is 18.7. The van der Waals surface area contributed by atoms with E-state index >= 15 is 0 Å². The van der Waals surface area contributed by atoms with E-state index in [2.05, 4.69) is 20.6 Å². The molecule has 1 aromatic carbocycles. The third-order valence-electron chi connectivity index (χ3n) is 5.09. The van der Waals surface area contributed by atoms with Crippen molar-refractivity contribution in [2.75, 3.05) is 60.0 Å². The maximum absolute atomic E-state index is 12.0. The molecule has 3 rings (SSSR count). The predicted molar refractivity (Wildman–Crippen MR) is 122 cm³/mol. The fourth-order valence-corrected chi connectivity index (χ4v) is 3.31. The van der Waals surface area contributed by atoms with Gasteiger partial charge < -0.3 is 20.3 Å². The highest BCUT2D eigenvalue weighted by Gasteiger charge is 2.12. The molecule has 2 aromatic rings. The topological polar surface area (TPSA) is 87.0 Å². The van der Waals surface area contributed by atoms with Crippen molar-refractivity contribution < 1.29 is 9.53 Å². The lowest BCUT2D eigenvalue weighted by Gasteiger charge is -2.26. The number of morpholine rings is 1. The van der Waals surface area contributed by atoms with Crippen LogP contribution in [-0.2, 0) is 23.1 Å². The van der Waals surface area contributed by atoms with Crippen LogP contribution in [0, 0.1) is 0 Å². The molecule has 1 saturated heterocycles. The number of aryl methyl sites for hydroxylation is 1. The third-order valence-corrected chi connectivity index (χ3v) is 5.09. The van der Waals surface area contributed by atoms with Crippen molar-refractivity contribution in [3.05, 3.63) is 42.1 Å². The Morgan fingerprint density at radius 1 is 1.19 bits per heavy atom. The summed E-state index contributed by atoms with van der Waals surface area (Å²) < 4.78 is 7.21. The van der Waals surface area contributed by atoms with Crippen LogP contribution in [0.4, 0.5) is 0 Å². The largest absolute Gasteiger partial charge is 0.379 e. The summed E-state index contributed by atoms with van der Waals surface area (Å²) >= 11 is 0. The first kappa shape index (κ1) is 22.8. The molecule has 2 heterocycles. The van der Waals surface area contributed by atoms with Gasteiger partial charge in [0.05, 0.1) is 32.0 Å². The second-order valence-corrected chi connectivity index (χ2v) is 7.73. The zero-order chi connectivity index (χ0) is 22.1. The summed E-state index contributed by atoms with van der Waals surface area (Å²) in [4.78, 5) is 20.7. The van der Waals surface area contributed by atoms with Gasteiger partial charge in [-0.1, -0.05) is 30.3 Å². The van der Waals surface area contributed by atoms with Gasteiger partial charge in [-0.25, -0.2) is 4.99 Å². The monoisotopic (exact) mass is 427 g/mol. The molecule has 168 valence electrons. The highest BCUT2D eigenvalue weighted by atomic mass is 16.5. The number of carbonyl (C=O) groups excluding carboxylic acids is 1. The van der Waals surface area contributed by atoms with Crippen LogP contribution in [0.3, 0.4) is 0 Å². The standard InChI is InChI=1S/C22H33N7O2/c1-27(2)20(30)16-25-22(23-9-10-29-11-13-31-14-12-29)24-15-19-17-28(3)26-21(19)18-7-5-4-6-8-18/h4-8,17H,9-16H2,1-3H3,(H2,23,24,25). The maximum atomic E-state index is 12.0. The Balaban J connectivity index is 1.66. The van der Waals surface area contributed by atoms with Gasteiger partial charge >= 0.3 is 0 Å². The summed E-state index contributed by atoms with van der Waals surface area (Å²) in [6, 6.07) is 10.1. The lowest BCUT2D eigenvalue weighted by Crippen LogP contribution is -2.46. The smallest absolute Gasteiger partial charge is 0.241 e. The summed E-state index contributed by atoms with van der Waals surface area (Å²) in [7, 11) is 5.40. The molecule has 0 atom stereocenters. The fourth-order valence-electron chi connectivity index (χ4n) is 3.31. The molecule has 0 aliphatic carbocycles. The van der Waals surface area contributed by atoms with Gasteiger partial charge in [-0.2, -0.15) is 5.10 Å². The van der Waals surface area contributed by atoms with Gasteiger partial charge in [-0.3, -0.25) is 14.4 Å². The summed E-state index contributed by atoms with van der Waals surface area (Å²) in [5.74, 6) is 0.611. The van der Waals surface area contributed by atoms with Crippen LogP contribution in [-0.4, -0.2) is 91.5 Å². The third kappa shape index (κ3) is 7.08. The molecular weight excluding hydrogens is 394 g/mol. The van der Waals surface area contributed by atoms with Gasteiger partial charge in [-0.05, 0) is 0 Å². The van der Waals surface area contributed by atoms with Crippen LogP contribution in [0.15, 0.2) is 41.5 Å². The van der Waals surface area contributed by atoms with E-state index in [1.165, 1.54) is 0 Å². The van der Waals surface area contributed by atoms with Crippen molar-refractivity contribution in [1.29, 1.82) is 0 Å². The molecule has 1 amide bonds.